The van der Waals surface area contributed by atoms with Gasteiger partial charge in [0.25, 0.3) is 0 Å². The number of carbonyl (C=O) groups excluding carboxylic acids is 2. The van der Waals surface area contributed by atoms with Crippen molar-refractivity contribution in [1.82, 2.24) is 14.8 Å². The number of benzene rings is 1. The van der Waals surface area contributed by atoms with E-state index in [-0.39, 0.29) is 24.9 Å². The zero-order valence-corrected chi connectivity index (χ0v) is 12.4. The number of hydrogen-bond donors (Lipinski definition) is 1. The van der Waals surface area contributed by atoms with Crippen molar-refractivity contribution in [2.45, 2.75) is 6.54 Å². The molecule has 1 aliphatic rings. The highest BCUT2D eigenvalue weighted by Gasteiger charge is 2.21. The molecular formula is C14H14BrN3O2. The molecule has 0 bridgehead atoms. The molecule has 104 valence electrons. The molecule has 1 aromatic heterocycles. The number of carbonyl (C=O) groups is 2. The van der Waals surface area contributed by atoms with Gasteiger partial charge in [-0.25, -0.2) is 0 Å². The zero-order valence-electron chi connectivity index (χ0n) is 10.8. The molecule has 0 aliphatic carbocycles. The Morgan fingerprint density at radius 1 is 1.35 bits per heavy atom. The largest absolute Gasteiger partial charge is 0.353 e. The third kappa shape index (κ3) is 2.56. The SMILES string of the molecule is O=C1CN(C(=O)Cn2ccc3cc(Br)ccc32)CCN1. The van der Waals surface area contributed by atoms with Gasteiger partial charge in [0.2, 0.25) is 11.8 Å². The maximum atomic E-state index is 12.2. The molecule has 2 heterocycles. The van der Waals surface area contributed by atoms with Crippen LogP contribution in [0, 0.1) is 0 Å². The van der Waals surface area contributed by atoms with Gasteiger partial charge in [0, 0.05) is 34.7 Å². The highest BCUT2D eigenvalue weighted by molar-refractivity contribution is 9.10. The fourth-order valence-corrected chi connectivity index (χ4v) is 2.78. The number of nitrogens with one attached hydrogen (secondary N) is 1. The predicted octanol–water partition coefficient (Wildman–Crippen LogP) is 1.36. The van der Waals surface area contributed by atoms with Crippen molar-refractivity contribution in [2.75, 3.05) is 19.6 Å². The Hall–Kier alpha value is -1.82. The van der Waals surface area contributed by atoms with Gasteiger partial charge in [-0.15, -0.1) is 0 Å². The van der Waals surface area contributed by atoms with E-state index in [9.17, 15) is 9.59 Å². The molecule has 0 spiro atoms. The van der Waals surface area contributed by atoms with Crippen molar-refractivity contribution < 1.29 is 9.59 Å². The fourth-order valence-electron chi connectivity index (χ4n) is 2.41. The maximum absolute atomic E-state index is 12.2. The van der Waals surface area contributed by atoms with Crippen molar-refractivity contribution in [1.29, 1.82) is 0 Å². The molecule has 5 nitrogen and oxygen atoms in total. The lowest BCUT2D eigenvalue weighted by molar-refractivity contribution is -0.138. The average Bonchev–Trinajstić information content (AvgIpc) is 2.81. The Morgan fingerprint density at radius 2 is 2.20 bits per heavy atom. The summed E-state index contributed by atoms with van der Waals surface area (Å²) in [7, 11) is 0. The van der Waals surface area contributed by atoms with Crippen LogP contribution in [0.1, 0.15) is 0 Å². The molecule has 3 rings (SSSR count). The van der Waals surface area contributed by atoms with Crippen LogP contribution in [0.3, 0.4) is 0 Å². The molecule has 6 heteroatoms. The molecule has 2 amide bonds. The summed E-state index contributed by atoms with van der Waals surface area (Å²) in [5.41, 5.74) is 1.02. The molecule has 1 saturated heterocycles. The summed E-state index contributed by atoms with van der Waals surface area (Å²) < 4.78 is 2.93. The summed E-state index contributed by atoms with van der Waals surface area (Å²) in [5, 5.41) is 3.80. The van der Waals surface area contributed by atoms with Crippen molar-refractivity contribution in [3.05, 3.63) is 34.9 Å². The summed E-state index contributed by atoms with van der Waals surface area (Å²) in [4.78, 5) is 25.2. The molecule has 2 aromatic rings. The third-order valence-electron chi connectivity index (χ3n) is 3.43. The smallest absolute Gasteiger partial charge is 0.243 e. The first-order valence-corrected chi connectivity index (χ1v) is 7.22. The number of fused-ring (bicyclic) bond motifs is 1. The van der Waals surface area contributed by atoms with Crippen molar-refractivity contribution in [3.63, 3.8) is 0 Å². The van der Waals surface area contributed by atoms with Crippen LogP contribution in [0.15, 0.2) is 34.9 Å². The molecule has 0 unspecified atom stereocenters. The monoisotopic (exact) mass is 335 g/mol. The van der Waals surface area contributed by atoms with E-state index in [1.165, 1.54) is 0 Å². The number of aromatic nitrogens is 1. The van der Waals surface area contributed by atoms with Crippen LogP contribution in [-0.2, 0) is 16.1 Å². The molecule has 0 atom stereocenters. The summed E-state index contributed by atoms with van der Waals surface area (Å²) in [6.45, 7) is 1.53. The summed E-state index contributed by atoms with van der Waals surface area (Å²) >= 11 is 3.43. The van der Waals surface area contributed by atoms with Gasteiger partial charge in [0.05, 0.1) is 6.54 Å². The van der Waals surface area contributed by atoms with Crippen LogP contribution in [0.5, 0.6) is 0 Å². The average molecular weight is 336 g/mol. The first-order valence-electron chi connectivity index (χ1n) is 6.42. The molecular weight excluding hydrogens is 322 g/mol. The number of hydrogen-bond acceptors (Lipinski definition) is 2. The summed E-state index contributed by atoms with van der Waals surface area (Å²) in [6, 6.07) is 7.94. The molecule has 1 fully saturated rings. The van der Waals surface area contributed by atoms with Crippen LogP contribution in [0.25, 0.3) is 10.9 Å². The number of halogens is 1. The Balaban J connectivity index is 1.79. The van der Waals surface area contributed by atoms with E-state index < -0.39 is 0 Å². The van der Waals surface area contributed by atoms with Crippen LogP contribution < -0.4 is 5.32 Å². The van der Waals surface area contributed by atoms with Gasteiger partial charge in [0.1, 0.15) is 6.54 Å². The van der Waals surface area contributed by atoms with E-state index in [0.29, 0.717) is 13.1 Å². The van der Waals surface area contributed by atoms with E-state index in [1.54, 1.807) is 4.90 Å². The molecule has 1 N–H and O–H groups in total. The van der Waals surface area contributed by atoms with Gasteiger partial charge in [-0.2, -0.15) is 0 Å². The minimum absolute atomic E-state index is 0.0275. The number of amides is 2. The van der Waals surface area contributed by atoms with E-state index in [4.69, 9.17) is 0 Å². The molecule has 20 heavy (non-hydrogen) atoms. The minimum Gasteiger partial charge on any atom is -0.353 e. The lowest BCUT2D eigenvalue weighted by atomic mass is 10.2. The predicted molar refractivity (Wildman–Crippen MR) is 79.2 cm³/mol. The zero-order chi connectivity index (χ0) is 14.1. The lowest BCUT2D eigenvalue weighted by Crippen LogP contribution is -2.50. The molecule has 1 aliphatic heterocycles. The Labute approximate surface area is 124 Å². The van der Waals surface area contributed by atoms with Gasteiger partial charge >= 0.3 is 0 Å². The maximum Gasteiger partial charge on any atom is 0.243 e. The van der Waals surface area contributed by atoms with Gasteiger partial charge in [-0.3, -0.25) is 9.59 Å². The lowest BCUT2D eigenvalue weighted by Gasteiger charge is -2.26. The first-order chi connectivity index (χ1) is 9.63. The first kappa shape index (κ1) is 13.2. The van der Waals surface area contributed by atoms with Crippen molar-refractivity contribution in [2.24, 2.45) is 0 Å². The van der Waals surface area contributed by atoms with Gasteiger partial charge in [-0.1, -0.05) is 15.9 Å². The van der Waals surface area contributed by atoms with Crippen LogP contribution in [-0.4, -0.2) is 40.9 Å². The van der Waals surface area contributed by atoms with Crippen LogP contribution in [0.4, 0.5) is 0 Å². The van der Waals surface area contributed by atoms with E-state index in [1.807, 2.05) is 35.0 Å². The Bertz CT molecular complexity index is 680. The second-order valence-corrected chi connectivity index (χ2v) is 5.73. The van der Waals surface area contributed by atoms with Crippen LogP contribution in [0.2, 0.25) is 0 Å². The number of rotatable bonds is 2. The van der Waals surface area contributed by atoms with Gasteiger partial charge in [0.15, 0.2) is 0 Å². The van der Waals surface area contributed by atoms with Gasteiger partial charge < -0.3 is 14.8 Å². The summed E-state index contributed by atoms with van der Waals surface area (Å²) in [5.74, 6) is -0.119. The topological polar surface area (TPSA) is 54.3 Å². The molecule has 0 saturated carbocycles. The standard InChI is InChI=1S/C14H14BrN3O2/c15-11-1-2-12-10(7-11)3-5-17(12)9-14(20)18-6-4-16-13(19)8-18/h1-3,5,7H,4,6,8-9H2,(H,16,19). The quantitative estimate of drug-likeness (QED) is 0.900. The third-order valence-corrected chi connectivity index (χ3v) is 3.92. The number of piperazine rings is 1. The summed E-state index contributed by atoms with van der Waals surface area (Å²) in [6.07, 6.45) is 1.90. The highest BCUT2D eigenvalue weighted by Crippen LogP contribution is 2.21. The van der Waals surface area contributed by atoms with Gasteiger partial charge in [-0.05, 0) is 24.3 Å². The Kier molecular flexibility index (Phi) is 3.48. The second kappa shape index (κ2) is 5.28. The molecule has 0 radical (unpaired) electrons. The second-order valence-electron chi connectivity index (χ2n) is 4.81. The van der Waals surface area contributed by atoms with Crippen molar-refractivity contribution in [3.8, 4) is 0 Å². The van der Waals surface area contributed by atoms with E-state index in [0.717, 1.165) is 15.4 Å². The Morgan fingerprint density at radius 3 is 3.00 bits per heavy atom. The number of nitrogens with zero attached hydrogens (tertiary/aromatic N) is 2. The molecule has 1 aromatic carbocycles. The normalized spacial score (nSPS) is 15.4. The van der Waals surface area contributed by atoms with E-state index >= 15 is 0 Å². The van der Waals surface area contributed by atoms with E-state index in [2.05, 4.69) is 21.2 Å². The highest BCUT2D eigenvalue weighted by atomic mass is 79.9. The van der Waals surface area contributed by atoms with Crippen molar-refractivity contribution >= 4 is 38.6 Å². The van der Waals surface area contributed by atoms with Crippen LogP contribution >= 0.6 is 15.9 Å². The fraction of sp³-hybridized carbons (Fsp3) is 0.286. The minimum atomic E-state index is -0.0918.